The normalized spacial score (nSPS) is 20.2. The molecular weight excluding hydrogens is 500 g/mol. The monoisotopic (exact) mass is 520 g/mol. The minimum Gasteiger partial charge on any atom is -0.508 e. The number of aliphatic carboxylic acids is 1. The van der Waals surface area contributed by atoms with E-state index in [1.807, 2.05) is 0 Å². The first-order valence-corrected chi connectivity index (χ1v) is 12.2. The molecule has 0 saturated carbocycles. The van der Waals surface area contributed by atoms with Crippen LogP contribution in [0.15, 0.2) is 50.3 Å². The van der Waals surface area contributed by atoms with Gasteiger partial charge in [-0.3, -0.25) is 28.6 Å². The molecule has 2 unspecified atom stereocenters. The number of hydrogen-bond acceptors (Lipinski definition) is 10. The van der Waals surface area contributed by atoms with Crippen molar-refractivity contribution >= 4 is 41.3 Å². The molecule has 1 aromatic carbocycles. The number of nitrogens with zero attached hydrogens (tertiary/aromatic N) is 3. The van der Waals surface area contributed by atoms with Gasteiger partial charge >= 0.3 is 17.1 Å². The lowest BCUT2D eigenvalue weighted by Crippen LogP contribution is -2.71. The van der Waals surface area contributed by atoms with E-state index < -0.39 is 46.4 Å². The van der Waals surface area contributed by atoms with Crippen LogP contribution in [0.4, 0.5) is 0 Å². The van der Waals surface area contributed by atoms with E-state index in [4.69, 9.17) is 5.73 Å². The molecular formula is C20H20N6O7S2. The molecule has 2 aliphatic heterocycles. The average molecular weight is 521 g/mol. The molecule has 2 aliphatic rings. The number of nitrogens with one attached hydrogen (secondary N) is 2. The number of benzene rings is 1. The quantitative estimate of drug-likeness (QED) is 0.165. The van der Waals surface area contributed by atoms with E-state index in [1.54, 1.807) is 0 Å². The highest BCUT2D eigenvalue weighted by Gasteiger charge is 2.54. The summed E-state index contributed by atoms with van der Waals surface area (Å²) in [4.78, 5) is 61.7. The lowest BCUT2D eigenvalue weighted by molar-refractivity contribution is -0.150. The Morgan fingerprint density at radius 3 is 2.66 bits per heavy atom. The number of carboxylic acids is 1. The molecule has 3 atom stereocenters. The van der Waals surface area contributed by atoms with Crippen molar-refractivity contribution in [3.63, 3.8) is 0 Å². The van der Waals surface area contributed by atoms with Gasteiger partial charge < -0.3 is 21.3 Å². The highest BCUT2D eigenvalue weighted by Crippen LogP contribution is 2.41. The number of phenols is 1. The van der Waals surface area contributed by atoms with E-state index in [1.165, 1.54) is 43.1 Å². The number of amides is 2. The Labute approximate surface area is 205 Å². The number of aromatic amines is 1. The van der Waals surface area contributed by atoms with Crippen LogP contribution in [0.25, 0.3) is 0 Å². The van der Waals surface area contributed by atoms with E-state index in [0.29, 0.717) is 11.1 Å². The fraction of sp³-hybridized carbons (Fsp3) is 0.300. The third-order valence-electron chi connectivity index (χ3n) is 5.50. The van der Waals surface area contributed by atoms with Gasteiger partial charge in [0.25, 0.3) is 5.91 Å². The number of carbonyl (C=O) groups excluding carboxylic acids is 2. The summed E-state index contributed by atoms with van der Waals surface area (Å²) in [5.74, 6) is -2.10. The zero-order chi connectivity index (χ0) is 25.4. The molecule has 15 heteroatoms. The van der Waals surface area contributed by atoms with Crippen LogP contribution in [0.5, 0.6) is 5.75 Å². The van der Waals surface area contributed by atoms with Crippen LogP contribution < -0.4 is 22.2 Å². The first kappa shape index (κ1) is 24.6. The Morgan fingerprint density at radius 1 is 1.31 bits per heavy atom. The zero-order valence-electron chi connectivity index (χ0n) is 18.1. The van der Waals surface area contributed by atoms with E-state index in [9.17, 15) is 34.2 Å². The molecule has 2 aromatic rings. The third-order valence-corrected chi connectivity index (χ3v) is 7.95. The van der Waals surface area contributed by atoms with Crippen molar-refractivity contribution in [2.24, 2.45) is 12.8 Å². The summed E-state index contributed by atoms with van der Waals surface area (Å²) < 4.78 is 1.06. The number of carboxylic acid groups (broad SMARTS) is 1. The second-order valence-electron chi connectivity index (χ2n) is 7.71. The van der Waals surface area contributed by atoms with Crippen LogP contribution in [0.3, 0.4) is 0 Å². The number of rotatable bonds is 7. The Hall–Kier alpha value is -3.56. The molecule has 0 spiro atoms. The molecule has 1 saturated heterocycles. The minimum absolute atomic E-state index is 0.0188. The minimum atomic E-state index is -1.30. The van der Waals surface area contributed by atoms with Gasteiger partial charge in [-0.2, -0.15) is 0 Å². The molecule has 0 bridgehead atoms. The molecule has 0 aliphatic carbocycles. The molecule has 4 rings (SSSR count). The van der Waals surface area contributed by atoms with Gasteiger partial charge in [0.05, 0.1) is 0 Å². The summed E-state index contributed by atoms with van der Waals surface area (Å²) in [5.41, 5.74) is 4.99. The maximum absolute atomic E-state index is 12.8. The number of aromatic nitrogens is 3. The van der Waals surface area contributed by atoms with Crippen LogP contribution in [0.1, 0.15) is 11.6 Å². The number of nitrogens with two attached hydrogens (primary N) is 1. The smallest absolute Gasteiger partial charge is 0.352 e. The zero-order valence-corrected chi connectivity index (χ0v) is 19.8. The SMILES string of the molecule is Cn1c(SCC2=C(C(=O)O)N3C(=O)C(NC(=O)C(N)c4ccc(O)cc4)[C@@H]3SC2)n[nH]c(=O)c1=O. The highest BCUT2D eigenvalue weighted by molar-refractivity contribution is 8.01. The van der Waals surface area contributed by atoms with Gasteiger partial charge in [0.1, 0.15) is 28.9 Å². The largest absolute Gasteiger partial charge is 0.508 e. The second kappa shape index (κ2) is 9.59. The lowest BCUT2D eigenvalue weighted by atomic mass is 10.0. The van der Waals surface area contributed by atoms with Crippen LogP contribution in [-0.4, -0.2) is 70.6 Å². The molecule has 1 aromatic heterocycles. The van der Waals surface area contributed by atoms with Gasteiger partial charge in [0, 0.05) is 18.6 Å². The van der Waals surface area contributed by atoms with Crippen molar-refractivity contribution in [2.75, 3.05) is 11.5 Å². The lowest BCUT2D eigenvalue weighted by Gasteiger charge is -2.49. The summed E-state index contributed by atoms with van der Waals surface area (Å²) in [6.07, 6.45) is 0. The summed E-state index contributed by atoms with van der Waals surface area (Å²) in [6.45, 7) is 0. The van der Waals surface area contributed by atoms with E-state index in [2.05, 4.69) is 15.5 Å². The van der Waals surface area contributed by atoms with E-state index in [-0.39, 0.29) is 28.1 Å². The molecule has 13 nitrogen and oxygen atoms in total. The number of phenolic OH excluding ortho intramolecular Hbond substituents is 1. The molecule has 3 heterocycles. The Kier molecular flexibility index (Phi) is 6.73. The molecule has 6 N–H and O–H groups in total. The van der Waals surface area contributed by atoms with Crippen molar-refractivity contribution < 1.29 is 24.6 Å². The molecule has 2 amide bonds. The van der Waals surface area contributed by atoms with Gasteiger partial charge in [-0.15, -0.1) is 16.9 Å². The van der Waals surface area contributed by atoms with Crippen LogP contribution in [-0.2, 0) is 21.4 Å². The van der Waals surface area contributed by atoms with Crippen molar-refractivity contribution in [2.45, 2.75) is 22.6 Å². The molecule has 0 radical (unpaired) electrons. The van der Waals surface area contributed by atoms with Gasteiger partial charge in [0.15, 0.2) is 5.16 Å². The predicted octanol–water partition coefficient (Wildman–Crippen LogP) is -1.30. The predicted molar refractivity (Wildman–Crippen MR) is 126 cm³/mol. The summed E-state index contributed by atoms with van der Waals surface area (Å²) in [6, 6.07) is 3.74. The number of thioether (sulfide) groups is 2. The highest BCUT2D eigenvalue weighted by atomic mass is 32.2. The first-order valence-electron chi connectivity index (χ1n) is 10.1. The topological polar surface area (TPSA) is 201 Å². The Morgan fingerprint density at radius 2 is 2.00 bits per heavy atom. The van der Waals surface area contributed by atoms with E-state index in [0.717, 1.165) is 21.2 Å². The van der Waals surface area contributed by atoms with Gasteiger partial charge in [-0.05, 0) is 23.3 Å². The van der Waals surface area contributed by atoms with Crippen molar-refractivity contribution in [3.8, 4) is 5.75 Å². The maximum atomic E-state index is 12.8. The standard InChI is InChI=1S/C20H20N6O7S2/c1-25-17(31)15(29)23-24-20(25)35-7-9-6-34-18-12(16(30)26(18)13(9)19(32)33)22-14(28)11(21)8-2-4-10(27)5-3-8/h2-5,11-12,18,27H,6-7,21H2,1H3,(H,22,28)(H,23,29)(H,32,33)/t11?,12?,18-/m0/s1. The Balaban J connectivity index is 1.48. The second-order valence-corrected chi connectivity index (χ2v) is 9.76. The van der Waals surface area contributed by atoms with Gasteiger partial charge in [0.2, 0.25) is 5.91 Å². The fourth-order valence-corrected chi connectivity index (χ4v) is 6.02. The number of fused-ring (bicyclic) bond motifs is 1. The number of aromatic hydroxyl groups is 1. The van der Waals surface area contributed by atoms with Crippen LogP contribution in [0, 0.1) is 0 Å². The number of β-lactam (4-membered cyclic amide) rings is 1. The molecule has 184 valence electrons. The summed E-state index contributed by atoms with van der Waals surface area (Å²) >= 11 is 2.33. The molecule has 1 fully saturated rings. The van der Waals surface area contributed by atoms with E-state index >= 15 is 0 Å². The van der Waals surface area contributed by atoms with Crippen LogP contribution >= 0.6 is 23.5 Å². The van der Waals surface area contributed by atoms with Crippen LogP contribution in [0.2, 0.25) is 0 Å². The fourth-order valence-electron chi connectivity index (χ4n) is 3.61. The summed E-state index contributed by atoms with van der Waals surface area (Å²) in [7, 11) is 1.38. The Bertz CT molecular complexity index is 1350. The first-order chi connectivity index (χ1) is 16.6. The van der Waals surface area contributed by atoms with Gasteiger partial charge in [-0.1, -0.05) is 23.9 Å². The third kappa shape index (κ3) is 4.56. The number of carbonyl (C=O) groups is 3. The number of hydrogen-bond donors (Lipinski definition) is 5. The maximum Gasteiger partial charge on any atom is 0.352 e. The molecule has 35 heavy (non-hydrogen) atoms. The summed E-state index contributed by atoms with van der Waals surface area (Å²) in [5, 5.41) is 27.2. The van der Waals surface area contributed by atoms with Crippen molar-refractivity contribution in [1.82, 2.24) is 25.0 Å². The average Bonchev–Trinajstić information content (AvgIpc) is 2.84. The number of H-pyrrole nitrogens is 1. The van der Waals surface area contributed by atoms with Crippen molar-refractivity contribution in [3.05, 3.63) is 61.8 Å². The van der Waals surface area contributed by atoms with Crippen molar-refractivity contribution in [1.29, 1.82) is 0 Å². The van der Waals surface area contributed by atoms with Gasteiger partial charge in [-0.25, -0.2) is 9.89 Å².